The predicted octanol–water partition coefficient (Wildman–Crippen LogP) is 3.49. The van der Waals surface area contributed by atoms with E-state index in [-0.39, 0.29) is 5.56 Å². The standard InChI is InChI=1S/C9H8F4/c1-6(9(11,12)13)7-3-2-4-8(10)5-7/h2-6H,1H3. The van der Waals surface area contributed by atoms with Crippen LogP contribution in [0.2, 0.25) is 0 Å². The summed E-state index contributed by atoms with van der Waals surface area (Å²) in [7, 11) is 0. The van der Waals surface area contributed by atoms with Gasteiger partial charge in [-0.25, -0.2) is 4.39 Å². The van der Waals surface area contributed by atoms with Crippen molar-refractivity contribution in [1.29, 1.82) is 0 Å². The monoisotopic (exact) mass is 192 g/mol. The van der Waals surface area contributed by atoms with Crippen molar-refractivity contribution in [3.63, 3.8) is 0 Å². The topological polar surface area (TPSA) is 0 Å². The van der Waals surface area contributed by atoms with Crippen LogP contribution >= 0.6 is 0 Å². The highest BCUT2D eigenvalue weighted by Crippen LogP contribution is 2.34. The highest BCUT2D eigenvalue weighted by atomic mass is 19.4. The van der Waals surface area contributed by atoms with Crippen LogP contribution in [0.3, 0.4) is 0 Å². The fourth-order valence-corrected chi connectivity index (χ4v) is 0.965. The van der Waals surface area contributed by atoms with Crippen LogP contribution in [0.25, 0.3) is 0 Å². The first-order chi connectivity index (χ1) is 5.91. The molecule has 1 rings (SSSR count). The van der Waals surface area contributed by atoms with E-state index in [4.69, 9.17) is 0 Å². The van der Waals surface area contributed by atoms with E-state index >= 15 is 0 Å². The summed E-state index contributed by atoms with van der Waals surface area (Å²) >= 11 is 0. The van der Waals surface area contributed by atoms with Gasteiger partial charge in [-0.1, -0.05) is 12.1 Å². The summed E-state index contributed by atoms with van der Waals surface area (Å²) in [6.07, 6.45) is -4.31. The van der Waals surface area contributed by atoms with Crippen molar-refractivity contribution >= 4 is 0 Å². The molecule has 0 aliphatic heterocycles. The van der Waals surface area contributed by atoms with Gasteiger partial charge in [-0.2, -0.15) is 13.2 Å². The molecule has 0 saturated carbocycles. The fraction of sp³-hybridized carbons (Fsp3) is 0.333. The molecule has 0 aromatic heterocycles. The third kappa shape index (κ3) is 2.44. The van der Waals surface area contributed by atoms with Crippen molar-refractivity contribution < 1.29 is 17.6 Å². The van der Waals surface area contributed by atoms with Gasteiger partial charge in [0.2, 0.25) is 0 Å². The average Bonchev–Trinajstić information content (AvgIpc) is 2.01. The average molecular weight is 192 g/mol. The molecule has 0 aliphatic rings. The van der Waals surface area contributed by atoms with Gasteiger partial charge in [-0.3, -0.25) is 0 Å². The molecular weight excluding hydrogens is 184 g/mol. The molecular formula is C9H8F4. The van der Waals surface area contributed by atoms with Gasteiger partial charge in [0.05, 0.1) is 5.92 Å². The Hall–Kier alpha value is -1.06. The lowest BCUT2D eigenvalue weighted by Crippen LogP contribution is -2.17. The van der Waals surface area contributed by atoms with Gasteiger partial charge in [-0.15, -0.1) is 0 Å². The minimum atomic E-state index is -4.31. The molecule has 0 heterocycles. The maximum absolute atomic E-state index is 12.5. The summed E-state index contributed by atoms with van der Waals surface area (Å²) in [5.41, 5.74) is -0.0486. The molecule has 4 heteroatoms. The van der Waals surface area contributed by atoms with E-state index in [1.54, 1.807) is 0 Å². The number of halogens is 4. The molecule has 0 aliphatic carbocycles. The second kappa shape index (κ2) is 3.36. The van der Waals surface area contributed by atoms with Crippen LogP contribution in [0, 0.1) is 5.82 Å². The third-order valence-electron chi connectivity index (χ3n) is 1.84. The molecule has 0 bridgehead atoms. The van der Waals surface area contributed by atoms with E-state index in [2.05, 4.69) is 0 Å². The van der Waals surface area contributed by atoms with Gasteiger partial charge in [0.25, 0.3) is 0 Å². The SMILES string of the molecule is CC(c1cccc(F)c1)C(F)(F)F. The summed E-state index contributed by atoms with van der Waals surface area (Å²) < 4.78 is 49.0. The van der Waals surface area contributed by atoms with Crippen molar-refractivity contribution in [2.45, 2.75) is 19.0 Å². The predicted molar refractivity (Wildman–Crippen MR) is 40.9 cm³/mol. The second-order valence-corrected chi connectivity index (χ2v) is 2.82. The molecule has 1 aromatic carbocycles. The minimum absolute atomic E-state index is 0.0486. The zero-order valence-corrected chi connectivity index (χ0v) is 6.90. The smallest absolute Gasteiger partial charge is 0.207 e. The van der Waals surface area contributed by atoms with Gasteiger partial charge < -0.3 is 0 Å². The lowest BCUT2D eigenvalue weighted by atomic mass is 10.0. The third-order valence-corrected chi connectivity index (χ3v) is 1.84. The van der Waals surface area contributed by atoms with E-state index in [1.807, 2.05) is 0 Å². The second-order valence-electron chi connectivity index (χ2n) is 2.82. The molecule has 0 spiro atoms. The quantitative estimate of drug-likeness (QED) is 0.597. The number of hydrogen-bond acceptors (Lipinski definition) is 0. The summed E-state index contributed by atoms with van der Waals surface area (Å²) in [6, 6.07) is 4.55. The van der Waals surface area contributed by atoms with Crippen LogP contribution in [0.5, 0.6) is 0 Å². The van der Waals surface area contributed by atoms with Crippen LogP contribution in [0.1, 0.15) is 18.4 Å². The van der Waals surface area contributed by atoms with Gasteiger partial charge in [-0.05, 0) is 24.6 Å². The number of alkyl halides is 3. The molecule has 1 aromatic rings. The fourth-order valence-electron chi connectivity index (χ4n) is 0.965. The number of rotatable bonds is 1. The summed E-state index contributed by atoms with van der Waals surface area (Å²) in [6.45, 7) is 1.01. The van der Waals surface area contributed by atoms with Gasteiger partial charge >= 0.3 is 6.18 Å². The molecule has 13 heavy (non-hydrogen) atoms. The lowest BCUT2D eigenvalue weighted by molar-refractivity contribution is -0.146. The van der Waals surface area contributed by atoms with Crippen LogP contribution in [0.15, 0.2) is 24.3 Å². The largest absolute Gasteiger partial charge is 0.395 e. The van der Waals surface area contributed by atoms with Crippen molar-refractivity contribution in [3.05, 3.63) is 35.6 Å². The molecule has 0 saturated heterocycles. The Morgan fingerprint density at radius 2 is 1.85 bits per heavy atom. The van der Waals surface area contributed by atoms with Crippen molar-refractivity contribution in [2.75, 3.05) is 0 Å². The minimum Gasteiger partial charge on any atom is -0.207 e. The number of hydrogen-bond donors (Lipinski definition) is 0. The van der Waals surface area contributed by atoms with Crippen molar-refractivity contribution in [3.8, 4) is 0 Å². The maximum atomic E-state index is 12.5. The molecule has 0 nitrogen and oxygen atoms in total. The summed E-state index contributed by atoms with van der Waals surface area (Å²) in [5, 5.41) is 0. The van der Waals surface area contributed by atoms with Gasteiger partial charge in [0.15, 0.2) is 0 Å². The van der Waals surface area contributed by atoms with E-state index in [0.29, 0.717) is 0 Å². The first-order valence-electron chi connectivity index (χ1n) is 3.73. The van der Waals surface area contributed by atoms with Crippen LogP contribution in [0.4, 0.5) is 17.6 Å². The molecule has 0 radical (unpaired) electrons. The highest BCUT2D eigenvalue weighted by Gasteiger charge is 2.36. The van der Waals surface area contributed by atoms with Crippen molar-refractivity contribution in [2.24, 2.45) is 0 Å². The van der Waals surface area contributed by atoms with E-state index in [1.165, 1.54) is 12.1 Å². The molecule has 0 N–H and O–H groups in total. The zero-order valence-electron chi connectivity index (χ0n) is 6.90. The Labute approximate surface area is 73.2 Å². The highest BCUT2D eigenvalue weighted by molar-refractivity contribution is 5.21. The Morgan fingerprint density at radius 3 is 2.31 bits per heavy atom. The Bertz CT molecular complexity index is 290. The maximum Gasteiger partial charge on any atom is 0.395 e. The summed E-state index contributed by atoms with van der Waals surface area (Å²) in [4.78, 5) is 0. The van der Waals surface area contributed by atoms with Crippen LogP contribution < -0.4 is 0 Å². The Balaban J connectivity index is 2.96. The Morgan fingerprint density at radius 1 is 1.23 bits per heavy atom. The molecule has 0 amide bonds. The van der Waals surface area contributed by atoms with Crippen molar-refractivity contribution in [1.82, 2.24) is 0 Å². The van der Waals surface area contributed by atoms with Gasteiger partial charge in [0.1, 0.15) is 5.82 Å². The van der Waals surface area contributed by atoms with E-state index in [9.17, 15) is 17.6 Å². The van der Waals surface area contributed by atoms with Crippen LogP contribution in [-0.4, -0.2) is 6.18 Å². The molecule has 1 unspecified atom stereocenters. The lowest BCUT2D eigenvalue weighted by Gasteiger charge is -2.15. The normalized spacial score (nSPS) is 14.2. The Kier molecular flexibility index (Phi) is 2.59. The molecule has 0 fully saturated rings. The molecule has 72 valence electrons. The number of benzene rings is 1. The van der Waals surface area contributed by atoms with Gasteiger partial charge in [0, 0.05) is 0 Å². The van der Waals surface area contributed by atoms with E-state index in [0.717, 1.165) is 19.1 Å². The first-order valence-corrected chi connectivity index (χ1v) is 3.73. The van der Waals surface area contributed by atoms with Crippen LogP contribution in [-0.2, 0) is 0 Å². The first kappa shape index (κ1) is 10.0. The summed E-state index contributed by atoms with van der Waals surface area (Å²) in [5.74, 6) is -2.27. The van der Waals surface area contributed by atoms with E-state index < -0.39 is 17.9 Å². The zero-order chi connectivity index (χ0) is 10.1. The molecule has 1 atom stereocenters.